The van der Waals surface area contributed by atoms with Gasteiger partial charge in [-0.2, -0.15) is 0 Å². The van der Waals surface area contributed by atoms with Crippen LogP contribution in [0.1, 0.15) is 125 Å². The van der Waals surface area contributed by atoms with Crippen LogP contribution in [0, 0.1) is 5.92 Å². The lowest BCUT2D eigenvalue weighted by Gasteiger charge is -2.48. The minimum atomic E-state index is -2.06. The first kappa shape index (κ1) is 93.8. The quantitative estimate of drug-likeness (QED) is 0.0398. The lowest BCUT2D eigenvalue weighted by molar-refractivity contribution is -0.331. The Morgan fingerprint density at radius 1 is 0.680 bits per heavy atom. The summed E-state index contributed by atoms with van der Waals surface area (Å²) in [6.07, 6.45) is -16.3. The lowest BCUT2D eigenvalue weighted by Crippen LogP contribution is -2.65. The number of carbonyl (C=O) groups is 8. The largest absolute Gasteiger partial charge is 0.508 e. The van der Waals surface area contributed by atoms with Gasteiger partial charge >= 0.3 is 0 Å². The lowest BCUT2D eigenvalue weighted by atomic mass is 9.84. The molecule has 2 saturated heterocycles. The van der Waals surface area contributed by atoms with Crippen LogP contribution in [0.2, 0.25) is 15.1 Å². The Morgan fingerprint density at radius 2 is 1.32 bits per heavy atom. The number of amides is 8. The number of para-hydroxylation sites is 1. The molecule has 7 aromatic rings. The molecule has 23 N–H and O–H groups in total. The molecule has 8 amide bonds. The molecule has 0 saturated carbocycles. The van der Waals surface area contributed by atoms with E-state index >= 15 is 0 Å². The van der Waals surface area contributed by atoms with Gasteiger partial charge in [0.2, 0.25) is 59.3 Å². The van der Waals surface area contributed by atoms with Crippen molar-refractivity contribution in [1.29, 1.82) is 0 Å². The number of phenols is 3. The van der Waals surface area contributed by atoms with E-state index in [2.05, 4.69) is 47.9 Å². The summed E-state index contributed by atoms with van der Waals surface area (Å²) in [6, 6.07) is 22.2. The number of halogens is 3. The van der Waals surface area contributed by atoms with Gasteiger partial charge in [-0.15, -0.1) is 0 Å². The van der Waals surface area contributed by atoms with Crippen LogP contribution in [0.3, 0.4) is 0 Å². The van der Waals surface area contributed by atoms with Gasteiger partial charge in [0.1, 0.15) is 83.4 Å². The Morgan fingerprint density at radius 3 is 1.93 bits per heavy atom. The maximum absolute atomic E-state index is 14.9. The van der Waals surface area contributed by atoms with Crippen molar-refractivity contribution in [3.05, 3.63) is 176 Å². The second-order valence-electron chi connectivity index (χ2n) is 30.7. The second-order valence-corrected chi connectivity index (χ2v) is 31.9. The molecule has 17 atom stereocenters. The summed E-state index contributed by atoms with van der Waals surface area (Å²) >= 11 is 20.3. The Labute approximate surface area is 718 Å². The van der Waals surface area contributed by atoms with E-state index in [0.29, 0.717) is 17.9 Å². The van der Waals surface area contributed by atoms with Gasteiger partial charge in [0, 0.05) is 60.9 Å². The molecule has 122 heavy (non-hydrogen) atoms. The average Bonchev–Trinajstić information content (AvgIpc) is 0.771. The van der Waals surface area contributed by atoms with Gasteiger partial charge in [-0.05, 0) is 165 Å². The van der Waals surface area contributed by atoms with E-state index in [1.54, 1.807) is 26.0 Å². The molecule has 5 aliphatic rings. The predicted octanol–water partition coefficient (Wildman–Crippen LogP) is 4.97. The van der Waals surface area contributed by atoms with Crippen LogP contribution in [-0.4, -0.2) is 201 Å². The molecule has 8 bridgehead atoms. The van der Waals surface area contributed by atoms with Crippen LogP contribution in [-0.2, 0) is 59.1 Å². The number of ether oxygens (including phenoxy) is 6. The van der Waals surface area contributed by atoms with E-state index in [-0.39, 0.29) is 112 Å². The molecule has 0 radical (unpaired) electrons. The van der Waals surface area contributed by atoms with E-state index in [4.69, 9.17) is 80.4 Å². The van der Waals surface area contributed by atoms with Crippen LogP contribution in [0.25, 0.3) is 22.3 Å². The number of carbonyl (C=O) groups excluding carboxylic acids is 8. The fraction of sp³-hybridized carbons (Fsp3) is 0.412. The SMILES string of the molecule is CNC(=O)C1NC(=O)[C@@H](C)NC(=O)[C@H](CC(N)=O)NC(=O)[C@H](NC(=O)[C@@H](CC(C)C)NC)[C@H](O)c2ccc(c(Cl)c2)Oc2cccc(c2OC2OC(CN)C(O)C(O)C2OC2CC(C)(NCc3ccc(-c4ccc(Cl)cc4)cc3)C(O)C(C)O2)Oc2ccc(cc2Cl)[C@@H](O)CC(=O)N[C@@H](C(=O)NCCCCN)c2cc(O)cc(O)c2-c2cc1ccc2O. The van der Waals surface area contributed by atoms with Gasteiger partial charge in [0.25, 0.3) is 0 Å². The molecule has 5 aliphatic heterocycles. The number of hydrogen-bond acceptors (Lipinski definition) is 26. The molecule has 0 aliphatic carbocycles. The number of phenolic OH excluding ortho intramolecular Hbond substituents is 3. The monoisotopic (exact) mass is 1750 g/mol. The van der Waals surface area contributed by atoms with E-state index in [9.17, 15) is 79.2 Å². The van der Waals surface area contributed by atoms with Crippen LogP contribution in [0.5, 0.6) is 46.0 Å². The van der Waals surface area contributed by atoms with Crippen molar-refractivity contribution in [3.63, 3.8) is 0 Å². The highest BCUT2D eigenvalue weighted by Gasteiger charge is 2.52. The van der Waals surface area contributed by atoms with Gasteiger partial charge in [0.05, 0.1) is 47.2 Å². The van der Waals surface area contributed by atoms with Crippen molar-refractivity contribution in [1.82, 2.24) is 47.9 Å². The number of primary amides is 1. The minimum absolute atomic E-state index is 0.00442. The molecule has 10 unspecified atom stereocenters. The van der Waals surface area contributed by atoms with Crippen LogP contribution in [0.15, 0.2) is 133 Å². The van der Waals surface area contributed by atoms with Gasteiger partial charge in [-0.3, -0.25) is 38.4 Å². The van der Waals surface area contributed by atoms with Crippen molar-refractivity contribution in [2.75, 3.05) is 33.7 Å². The number of nitrogens with two attached hydrogens (primary N) is 3. The van der Waals surface area contributed by atoms with Crippen molar-refractivity contribution >= 4 is 82.1 Å². The van der Waals surface area contributed by atoms with E-state index < -0.39 is 186 Å². The summed E-state index contributed by atoms with van der Waals surface area (Å²) in [5.41, 5.74) is 17.9. The van der Waals surface area contributed by atoms with Gasteiger partial charge < -0.3 is 134 Å². The van der Waals surface area contributed by atoms with Gasteiger partial charge in [0.15, 0.2) is 23.9 Å². The number of hydrogen-bond donors (Lipinski definition) is 20. The van der Waals surface area contributed by atoms with E-state index in [1.165, 1.54) is 81.7 Å². The maximum Gasteiger partial charge on any atom is 0.247 e. The standard InChI is InChI=1S/C85H103Cl3N12O22/c1-40(2)29-55(92-6)79(112)100-71-72(107)48-21-26-61(54(88)32-48)119-63-12-10-11-62(75(63)122-84-76(74(109)73(108)64(38-90)120-84)121-67-37-85(5,77(110)42(4)117-67)95-39-43-13-15-44(16-14-43)45-17-22-49(86)23-18-45)118-60-25-20-46(31-53(60)87)58(103)36-66(106)98-70(82(115)94-28-9-8-27-89)52-33-50(101)34-59(104)68(52)51-30-47(19-24-57(51)102)69(81(114)93-7)99-78(111)41(3)96-80(113)56(35-65(91)105)97-83(71)116/h10-26,30-34,40-42,55-56,58,64,67,69-74,76-77,84,92,95,101-104,107-110H,8-9,27-29,35-39,89-90H2,1-7H3,(H2,91,105)(H,93,114)(H,94,115)(H,96,113)(H,97,116)(H,98,106)(H,99,111)(H,100,112)/t41-,42?,55-,56+,58+,64?,67?,69?,70-,71-,72-,73?,74?,76?,77?,84?,85?/m1/s1. The smallest absolute Gasteiger partial charge is 0.247 e. The first-order valence-corrected chi connectivity index (χ1v) is 40.6. The van der Waals surface area contributed by atoms with Crippen LogP contribution in [0.4, 0.5) is 0 Å². The van der Waals surface area contributed by atoms with Crippen molar-refractivity contribution in [3.8, 4) is 68.2 Å². The van der Waals surface area contributed by atoms with Gasteiger partial charge in [-0.1, -0.05) is 109 Å². The topological polar surface area (TPSA) is 540 Å². The third kappa shape index (κ3) is 23.2. The molecule has 5 heterocycles. The maximum atomic E-state index is 14.9. The molecule has 0 aromatic heterocycles. The number of aromatic hydroxyl groups is 3. The molecule has 37 heteroatoms. The van der Waals surface area contributed by atoms with Crippen LogP contribution < -0.4 is 79.3 Å². The molecule has 0 spiro atoms. The predicted molar refractivity (Wildman–Crippen MR) is 448 cm³/mol. The third-order valence-corrected chi connectivity index (χ3v) is 22.0. The highest BCUT2D eigenvalue weighted by Crippen LogP contribution is 2.48. The summed E-state index contributed by atoms with van der Waals surface area (Å²) in [5.74, 6) is -11.6. The number of nitrogens with one attached hydrogen (secondary N) is 9. The zero-order valence-electron chi connectivity index (χ0n) is 67.7. The first-order valence-electron chi connectivity index (χ1n) is 39.5. The Hall–Kier alpha value is -10.5. The number of aliphatic hydroxyl groups is 5. The van der Waals surface area contributed by atoms with Crippen molar-refractivity contribution in [2.24, 2.45) is 23.1 Å². The second kappa shape index (κ2) is 42.0. The summed E-state index contributed by atoms with van der Waals surface area (Å²) in [6.45, 7) is 8.37. The van der Waals surface area contributed by atoms with Crippen molar-refractivity contribution in [2.45, 2.75) is 183 Å². The number of fused-ring (bicyclic) bond motifs is 2. The molecular formula is C85H103Cl3N12O22. The molecule has 12 rings (SSSR count). The Balaban J connectivity index is 1.06. The first-order chi connectivity index (χ1) is 58.0. The molecule has 2 fully saturated rings. The summed E-state index contributed by atoms with van der Waals surface area (Å²) in [7, 11) is 2.72. The number of likely N-dealkylation sites (N-methyl/N-ethyl adjacent to an activating group) is 2. The molecule has 7 aromatic carbocycles. The normalized spacial score (nSPS) is 25.2. The Kier molecular flexibility index (Phi) is 32.3. The van der Waals surface area contributed by atoms with Gasteiger partial charge in [-0.25, -0.2) is 0 Å². The number of aliphatic hydroxyl groups excluding tert-OH is 5. The summed E-state index contributed by atoms with van der Waals surface area (Å²) in [5, 5.41) is 119. The highest BCUT2D eigenvalue weighted by atomic mass is 35.5. The third-order valence-electron chi connectivity index (χ3n) is 21.1. The zero-order valence-corrected chi connectivity index (χ0v) is 70.0. The number of unbranched alkanes of at least 4 members (excludes halogenated alkanes) is 1. The Bertz CT molecular complexity index is 4910. The minimum Gasteiger partial charge on any atom is -0.508 e. The summed E-state index contributed by atoms with van der Waals surface area (Å²) < 4.78 is 39.2. The summed E-state index contributed by atoms with van der Waals surface area (Å²) in [4.78, 5) is 114. The average molecular weight is 1750 g/mol. The number of benzene rings is 7. The fourth-order valence-electron chi connectivity index (χ4n) is 14.4. The zero-order chi connectivity index (χ0) is 88.7. The molecule has 656 valence electrons. The number of rotatable bonds is 22. The van der Waals surface area contributed by atoms with E-state index in [1.807, 2.05) is 50.2 Å². The molecule has 34 nitrogen and oxygen atoms in total. The van der Waals surface area contributed by atoms with Crippen LogP contribution >= 0.6 is 34.8 Å². The molecular weight excluding hydrogens is 1650 g/mol. The fourth-order valence-corrected chi connectivity index (χ4v) is 15.0. The highest BCUT2D eigenvalue weighted by molar-refractivity contribution is 6.32. The van der Waals surface area contributed by atoms with Crippen molar-refractivity contribution < 1.29 is 108 Å². The van der Waals surface area contributed by atoms with E-state index in [0.717, 1.165) is 41.0 Å².